The fraction of sp³-hybridized carbons (Fsp3) is 0.357. The van der Waals surface area contributed by atoms with E-state index in [2.05, 4.69) is 40.3 Å². The molecule has 1 N–H and O–H groups in total. The SMILES string of the molecule is CC(C)CNCc1cnoc1-c1cc(Br)ccc1F. The molecule has 0 aliphatic carbocycles. The lowest BCUT2D eigenvalue weighted by molar-refractivity contribution is 0.428. The minimum absolute atomic E-state index is 0.315. The topological polar surface area (TPSA) is 38.1 Å². The Morgan fingerprint density at radius 2 is 2.21 bits per heavy atom. The number of hydrogen-bond donors (Lipinski definition) is 1. The summed E-state index contributed by atoms with van der Waals surface area (Å²) in [5, 5.41) is 7.07. The molecule has 3 nitrogen and oxygen atoms in total. The molecular formula is C14H16BrFN2O. The third-order valence-corrected chi connectivity index (χ3v) is 3.18. The second kappa shape index (κ2) is 6.30. The van der Waals surface area contributed by atoms with Gasteiger partial charge in [0.05, 0.1) is 11.8 Å². The number of rotatable bonds is 5. The molecule has 5 heteroatoms. The Kier molecular flexibility index (Phi) is 4.71. The number of nitrogens with one attached hydrogen (secondary N) is 1. The van der Waals surface area contributed by atoms with Crippen molar-refractivity contribution in [2.24, 2.45) is 5.92 Å². The van der Waals surface area contributed by atoms with Crippen LogP contribution in [0.3, 0.4) is 0 Å². The third kappa shape index (κ3) is 3.64. The van der Waals surface area contributed by atoms with Gasteiger partial charge in [0.1, 0.15) is 5.82 Å². The molecule has 0 aliphatic rings. The number of benzene rings is 1. The zero-order valence-electron chi connectivity index (χ0n) is 10.9. The van der Waals surface area contributed by atoms with Gasteiger partial charge in [-0.05, 0) is 30.7 Å². The largest absolute Gasteiger partial charge is 0.356 e. The first-order valence-electron chi connectivity index (χ1n) is 6.17. The monoisotopic (exact) mass is 326 g/mol. The molecule has 0 aliphatic heterocycles. The molecule has 102 valence electrons. The lowest BCUT2D eigenvalue weighted by Crippen LogP contribution is -2.19. The van der Waals surface area contributed by atoms with E-state index in [9.17, 15) is 4.39 Å². The summed E-state index contributed by atoms with van der Waals surface area (Å²) in [6, 6.07) is 4.76. The molecule has 0 saturated heterocycles. The summed E-state index contributed by atoms with van der Waals surface area (Å²) < 4.78 is 19.8. The predicted molar refractivity (Wildman–Crippen MR) is 76.1 cm³/mol. The van der Waals surface area contributed by atoms with E-state index >= 15 is 0 Å². The predicted octanol–water partition coefficient (Wildman–Crippen LogP) is 3.99. The summed E-state index contributed by atoms with van der Waals surface area (Å²) in [4.78, 5) is 0. The summed E-state index contributed by atoms with van der Waals surface area (Å²) in [5.41, 5.74) is 1.28. The van der Waals surface area contributed by atoms with Crippen LogP contribution in [-0.2, 0) is 6.54 Å². The molecule has 1 heterocycles. The molecule has 19 heavy (non-hydrogen) atoms. The summed E-state index contributed by atoms with van der Waals surface area (Å²) in [6.07, 6.45) is 1.63. The number of halogens is 2. The lowest BCUT2D eigenvalue weighted by Gasteiger charge is -2.07. The molecule has 2 aromatic rings. The zero-order chi connectivity index (χ0) is 13.8. The molecule has 0 bridgehead atoms. The van der Waals surface area contributed by atoms with E-state index in [-0.39, 0.29) is 5.82 Å². The molecule has 0 amide bonds. The second-order valence-corrected chi connectivity index (χ2v) is 5.74. The molecule has 1 aromatic carbocycles. The Morgan fingerprint density at radius 1 is 1.42 bits per heavy atom. The Morgan fingerprint density at radius 3 is 2.95 bits per heavy atom. The van der Waals surface area contributed by atoms with E-state index in [1.54, 1.807) is 18.3 Å². The van der Waals surface area contributed by atoms with Crippen molar-refractivity contribution in [3.63, 3.8) is 0 Å². The van der Waals surface area contributed by atoms with Gasteiger partial charge in [0, 0.05) is 16.6 Å². The van der Waals surface area contributed by atoms with Crippen molar-refractivity contribution in [2.45, 2.75) is 20.4 Å². The summed E-state index contributed by atoms with van der Waals surface area (Å²) in [6.45, 7) is 5.78. The molecular weight excluding hydrogens is 311 g/mol. The van der Waals surface area contributed by atoms with Crippen molar-refractivity contribution in [2.75, 3.05) is 6.54 Å². The van der Waals surface area contributed by atoms with E-state index in [1.165, 1.54) is 6.07 Å². The minimum Gasteiger partial charge on any atom is -0.356 e. The van der Waals surface area contributed by atoms with E-state index in [1.807, 2.05) is 0 Å². The van der Waals surface area contributed by atoms with Crippen LogP contribution in [0.1, 0.15) is 19.4 Å². The van der Waals surface area contributed by atoms with Crippen molar-refractivity contribution >= 4 is 15.9 Å². The smallest absolute Gasteiger partial charge is 0.174 e. The Balaban J connectivity index is 2.21. The van der Waals surface area contributed by atoms with Crippen LogP contribution in [0.5, 0.6) is 0 Å². The van der Waals surface area contributed by atoms with Gasteiger partial charge in [-0.15, -0.1) is 0 Å². The fourth-order valence-corrected chi connectivity index (χ4v) is 2.14. The van der Waals surface area contributed by atoms with Gasteiger partial charge in [-0.2, -0.15) is 0 Å². The first kappa shape index (κ1) is 14.2. The highest BCUT2D eigenvalue weighted by molar-refractivity contribution is 9.10. The number of hydrogen-bond acceptors (Lipinski definition) is 3. The van der Waals surface area contributed by atoms with Crippen molar-refractivity contribution in [3.05, 3.63) is 40.2 Å². The maximum atomic E-state index is 13.8. The standard InChI is InChI=1S/C14H16BrFN2O/c1-9(2)6-17-7-10-8-18-19-14(10)12-5-11(15)3-4-13(12)16/h3-5,8-9,17H,6-7H2,1-2H3. The van der Waals surface area contributed by atoms with Gasteiger partial charge in [-0.25, -0.2) is 4.39 Å². The van der Waals surface area contributed by atoms with E-state index in [0.29, 0.717) is 23.8 Å². The molecule has 0 fully saturated rings. The molecule has 2 rings (SSSR count). The van der Waals surface area contributed by atoms with Gasteiger partial charge < -0.3 is 9.84 Å². The van der Waals surface area contributed by atoms with E-state index < -0.39 is 0 Å². The van der Waals surface area contributed by atoms with Crippen LogP contribution in [-0.4, -0.2) is 11.7 Å². The van der Waals surface area contributed by atoms with Crippen LogP contribution in [0, 0.1) is 11.7 Å². The highest BCUT2D eigenvalue weighted by Gasteiger charge is 2.15. The minimum atomic E-state index is -0.315. The summed E-state index contributed by atoms with van der Waals surface area (Å²) >= 11 is 3.33. The quantitative estimate of drug-likeness (QED) is 0.902. The van der Waals surface area contributed by atoms with Crippen molar-refractivity contribution in [1.82, 2.24) is 10.5 Å². The van der Waals surface area contributed by atoms with Crippen LogP contribution < -0.4 is 5.32 Å². The molecule has 0 spiro atoms. The van der Waals surface area contributed by atoms with Gasteiger partial charge in [0.15, 0.2) is 5.76 Å². The van der Waals surface area contributed by atoms with Crippen molar-refractivity contribution in [3.8, 4) is 11.3 Å². The highest BCUT2D eigenvalue weighted by Crippen LogP contribution is 2.28. The van der Waals surface area contributed by atoms with E-state index in [0.717, 1.165) is 16.6 Å². The fourth-order valence-electron chi connectivity index (χ4n) is 1.78. The van der Waals surface area contributed by atoms with E-state index in [4.69, 9.17) is 4.52 Å². The third-order valence-electron chi connectivity index (χ3n) is 2.69. The summed E-state index contributed by atoms with van der Waals surface area (Å²) in [5.74, 6) is 0.728. The number of nitrogens with zero attached hydrogens (tertiary/aromatic N) is 1. The normalized spacial score (nSPS) is 11.2. The number of aromatic nitrogens is 1. The molecule has 0 radical (unpaired) electrons. The molecule has 0 atom stereocenters. The van der Waals surface area contributed by atoms with Gasteiger partial charge in [-0.3, -0.25) is 0 Å². The lowest BCUT2D eigenvalue weighted by atomic mass is 10.1. The summed E-state index contributed by atoms with van der Waals surface area (Å²) in [7, 11) is 0. The van der Waals surface area contributed by atoms with Crippen LogP contribution in [0.15, 0.2) is 33.4 Å². The Bertz CT molecular complexity index is 554. The average Bonchev–Trinajstić information content (AvgIpc) is 2.80. The first-order chi connectivity index (χ1) is 9.08. The maximum absolute atomic E-state index is 13.8. The van der Waals surface area contributed by atoms with Crippen molar-refractivity contribution < 1.29 is 8.91 Å². The maximum Gasteiger partial charge on any atom is 0.174 e. The molecule has 1 aromatic heterocycles. The Labute approximate surface area is 120 Å². The second-order valence-electron chi connectivity index (χ2n) is 4.83. The van der Waals surface area contributed by atoms with Crippen LogP contribution in [0.25, 0.3) is 11.3 Å². The van der Waals surface area contributed by atoms with Gasteiger partial charge in [-0.1, -0.05) is 34.9 Å². The van der Waals surface area contributed by atoms with Crippen molar-refractivity contribution in [1.29, 1.82) is 0 Å². The van der Waals surface area contributed by atoms with Crippen LogP contribution >= 0.6 is 15.9 Å². The highest BCUT2D eigenvalue weighted by atomic mass is 79.9. The van der Waals surface area contributed by atoms with Crippen LogP contribution in [0.2, 0.25) is 0 Å². The van der Waals surface area contributed by atoms with Gasteiger partial charge in [0.2, 0.25) is 0 Å². The first-order valence-corrected chi connectivity index (χ1v) is 6.97. The molecule has 0 saturated carbocycles. The van der Waals surface area contributed by atoms with Gasteiger partial charge in [0.25, 0.3) is 0 Å². The average molecular weight is 327 g/mol. The van der Waals surface area contributed by atoms with Crippen LogP contribution in [0.4, 0.5) is 4.39 Å². The Hall–Kier alpha value is -1.20. The zero-order valence-corrected chi connectivity index (χ0v) is 12.5. The molecule has 0 unspecified atom stereocenters. The van der Waals surface area contributed by atoms with Gasteiger partial charge >= 0.3 is 0 Å².